The minimum Gasteiger partial charge on any atom is -0.330 e. The summed E-state index contributed by atoms with van der Waals surface area (Å²) in [6, 6.07) is 8.99. The minimum atomic E-state index is 0.784. The second-order valence-electron chi connectivity index (χ2n) is 5.29. The zero-order chi connectivity index (χ0) is 13.9. The largest absolute Gasteiger partial charge is 0.330 e. The average molecular weight is 279 g/mol. The SMILES string of the molecule is CCCC(CCC)CSc1cccc(CCCN)c1. The molecular weight excluding hydrogens is 250 g/mol. The van der Waals surface area contributed by atoms with E-state index in [1.165, 1.54) is 41.9 Å². The van der Waals surface area contributed by atoms with Crippen LogP contribution in [0.1, 0.15) is 51.5 Å². The molecule has 0 aliphatic rings. The molecule has 0 aliphatic carbocycles. The van der Waals surface area contributed by atoms with E-state index in [0.717, 1.165) is 25.3 Å². The normalized spacial score (nSPS) is 11.2. The fourth-order valence-electron chi connectivity index (χ4n) is 2.44. The van der Waals surface area contributed by atoms with E-state index in [0.29, 0.717) is 0 Å². The molecule has 0 unspecified atom stereocenters. The smallest absolute Gasteiger partial charge is 0.00747 e. The van der Waals surface area contributed by atoms with Crippen LogP contribution < -0.4 is 5.73 Å². The predicted molar refractivity (Wildman–Crippen MR) is 87.8 cm³/mol. The second-order valence-corrected chi connectivity index (χ2v) is 6.39. The second kappa shape index (κ2) is 10.3. The summed E-state index contributed by atoms with van der Waals surface area (Å²) in [5.41, 5.74) is 7.00. The highest BCUT2D eigenvalue weighted by atomic mass is 32.2. The Kier molecular flexibility index (Phi) is 9.02. The topological polar surface area (TPSA) is 26.0 Å². The molecule has 19 heavy (non-hydrogen) atoms. The first-order chi connectivity index (χ1) is 9.30. The van der Waals surface area contributed by atoms with Crippen LogP contribution in [0.15, 0.2) is 29.2 Å². The van der Waals surface area contributed by atoms with Gasteiger partial charge in [0, 0.05) is 10.6 Å². The highest BCUT2D eigenvalue weighted by Crippen LogP contribution is 2.26. The highest BCUT2D eigenvalue weighted by Gasteiger charge is 2.07. The van der Waals surface area contributed by atoms with E-state index in [1.54, 1.807) is 0 Å². The summed E-state index contributed by atoms with van der Waals surface area (Å²) in [5.74, 6) is 2.15. The third-order valence-corrected chi connectivity index (χ3v) is 4.67. The summed E-state index contributed by atoms with van der Waals surface area (Å²) in [4.78, 5) is 1.42. The van der Waals surface area contributed by atoms with Gasteiger partial charge in [-0.2, -0.15) is 0 Å². The van der Waals surface area contributed by atoms with E-state index in [4.69, 9.17) is 5.73 Å². The molecule has 0 saturated heterocycles. The maximum absolute atomic E-state index is 5.57. The van der Waals surface area contributed by atoms with Crippen molar-refractivity contribution < 1.29 is 0 Å². The quantitative estimate of drug-likeness (QED) is 0.617. The zero-order valence-corrected chi connectivity index (χ0v) is 13.3. The number of benzene rings is 1. The Hall–Kier alpha value is -0.470. The van der Waals surface area contributed by atoms with Gasteiger partial charge in [-0.3, -0.25) is 0 Å². The Morgan fingerprint density at radius 1 is 1.16 bits per heavy atom. The molecule has 0 amide bonds. The monoisotopic (exact) mass is 279 g/mol. The van der Waals surface area contributed by atoms with E-state index >= 15 is 0 Å². The number of aryl methyl sites for hydroxylation is 1. The molecule has 0 fully saturated rings. The molecule has 0 spiro atoms. The van der Waals surface area contributed by atoms with Gasteiger partial charge in [-0.1, -0.05) is 38.8 Å². The van der Waals surface area contributed by atoms with Gasteiger partial charge in [0.1, 0.15) is 0 Å². The van der Waals surface area contributed by atoms with Gasteiger partial charge in [0.15, 0.2) is 0 Å². The third kappa shape index (κ3) is 7.03. The fourth-order valence-corrected chi connectivity index (χ4v) is 3.61. The molecule has 0 radical (unpaired) electrons. The number of hydrogen-bond donors (Lipinski definition) is 1. The van der Waals surface area contributed by atoms with Crippen molar-refractivity contribution in [2.75, 3.05) is 12.3 Å². The van der Waals surface area contributed by atoms with Crippen molar-refractivity contribution in [2.45, 2.75) is 57.3 Å². The molecule has 0 atom stereocenters. The van der Waals surface area contributed by atoms with Crippen molar-refractivity contribution in [1.29, 1.82) is 0 Å². The maximum atomic E-state index is 5.57. The van der Waals surface area contributed by atoms with E-state index < -0.39 is 0 Å². The van der Waals surface area contributed by atoms with Gasteiger partial charge >= 0.3 is 0 Å². The molecule has 2 N–H and O–H groups in total. The molecule has 0 aliphatic heterocycles. The molecule has 0 saturated carbocycles. The molecule has 2 heteroatoms. The zero-order valence-electron chi connectivity index (χ0n) is 12.5. The van der Waals surface area contributed by atoms with Crippen LogP contribution in [0.3, 0.4) is 0 Å². The van der Waals surface area contributed by atoms with Gasteiger partial charge in [-0.15, -0.1) is 11.8 Å². The van der Waals surface area contributed by atoms with Crippen LogP contribution in [0.5, 0.6) is 0 Å². The Morgan fingerprint density at radius 2 is 1.89 bits per heavy atom. The van der Waals surface area contributed by atoms with Crippen molar-refractivity contribution in [3.63, 3.8) is 0 Å². The summed E-state index contributed by atoms with van der Waals surface area (Å²) in [6.07, 6.45) is 7.55. The molecule has 1 rings (SSSR count). The summed E-state index contributed by atoms with van der Waals surface area (Å²) in [7, 11) is 0. The molecule has 0 aromatic heterocycles. The predicted octanol–water partition coefficient (Wildman–Crippen LogP) is 4.89. The van der Waals surface area contributed by atoms with Gasteiger partial charge in [-0.25, -0.2) is 0 Å². The van der Waals surface area contributed by atoms with Crippen molar-refractivity contribution in [2.24, 2.45) is 11.7 Å². The lowest BCUT2D eigenvalue weighted by Crippen LogP contribution is -2.03. The standard InChI is InChI=1S/C17H29NS/c1-3-7-16(8-4-2)14-19-17-11-5-9-15(13-17)10-6-12-18/h5,9,11,13,16H,3-4,6-8,10,12,14,18H2,1-2H3. The van der Waals surface area contributed by atoms with E-state index in [1.807, 2.05) is 11.8 Å². The first kappa shape index (κ1) is 16.6. The molecule has 1 nitrogen and oxygen atoms in total. The lowest BCUT2D eigenvalue weighted by molar-refractivity contribution is 0.488. The Bertz CT molecular complexity index is 332. The molecule has 1 aromatic rings. The van der Waals surface area contributed by atoms with Crippen LogP contribution in [0.25, 0.3) is 0 Å². The molecule has 0 heterocycles. The van der Waals surface area contributed by atoms with Crippen molar-refractivity contribution in [3.8, 4) is 0 Å². The maximum Gasteiger partial charge on any atom is 0.00747 e. The van der Waals surface area contributed by atoms with Crippen molar-refractivity contribution >= 4 is 11.8 Å². The summed E-state index contributed by atoms with van der Waals surface area (Å²) in [6.45, 7) is 5.37. The van der Waals surface area contributed by atoms with Crippen LogP contribution in [-0.4, -0.2) is 12.3 Å². The number of rotatable bonds is 10. The summed E-state index contributed by atoms with van der Waals surface area (Å²) in [5, 5.41) is 0. The van der Waals surface area contributed by atoms with Crippen LogP contribution >= 0.6 is 11.8 Å². The van der Waals surface area contributed by atoms with Gasteiger partial charge < -0.3 is 5.73 Å². The van der Waals surface area contributed by atoms with Gasteiger partial charge in [0.25, 0.3) is 0 Å². The molecule has 0 bridgehead atoms. The highest BCUT2D eigenvalue weighted by molar-refractivity contribution is 7.99. The first-order valence-corrected chi connectivity index (χ1v) is 8.70. The summed E-state index contributed by atoms with van der Waals surface area (Å²) < 4.78 is 0. The van der Waals surface area contributed by atoms with Crippen molar-refractivity contribution in [3.05, 3.63) is 29.8 Å². The van der Waals surface area contributed by atoms with Crippen molar-refractivity contribution in [1.82, 2.24) is 0 Å². The van der Waals surface area contributed by atoms with Gasteiger partial charge in [-0.05, 0) is 55.8 Å². The molecular formula is C17H29NS. The van der Waals surface area contributed by atoms with E-state index in [9.17, 15) is 0 Å². The number of hydrogen-bond acceptors (Lipinski definition) is 2. The number of nitrogens with two attached hydrogens (primary N) is 1. The fraction of sp³-hybridized carbons (Fsp3) is 0.647. The molecule has 108 valence electrons. The van der Waals surface area contributed by atoms with Crippen LogP contribution in [-0.2, 0) is 6.42 Å². The molecule has 1 aromatic carbocycles. The van der Waals surface area contributed by atoms with Crippen LogP contribution in [0, 0.1) is 5.92 Å². The van der Waals surface area contributed by atoms with Crippen LogP contribution in [0.4, 0.5) is 0 Å². The third-order valence-electron chi connectivity index (χ3n) is 3.45. The lowest BCUT2D eigenvalue weighted by Gasteiger charge is -2.14. The number of thioether (sulfide) groups is 1. The van der Waals surface area contributed by atoms with E-state index in [-0.39, 0.29) is 0 Å². The first-order valence-electron chi connectivity index (χ1n) is 7.71. The Balaban J connectivity index is 2.46. The lowest BCUT2D eigenvalue weighted by atomic mass is 10.0. The summed E-state index contributed by atoms with van der Waals surface area (Å²) >= 11 is 2.02. The van der Waals surface area contributed by atoms with Gasteiger partial charge in [0.2, 0.25) is 0 Å². The minimum absolute atomic E-state index is 0.784. The van der Waals surface area contributed by atoms with E-state index in [2.05, 4.69) is 38.1 Å². The Labute approximate surface area is 123 Å². The average Bonchev–Trinajstić information content (AvgIpc) is 2.43. The Morgan fingerprint density at radius 3 is 2.53 bits per heavy atom. The van der Waals surface area contributed by atoms with Crippen LogP contribution in [0.2, 0.25) is 0 Å². The van der Waals surface area contributed by atoms with Gasteiger partial charge in [0.05, 0.1) is 0 Å².